The van der Waals surface area contributed by atoms with Crippen LogP contribution in [0.5, 0.6) is 0 Å². The van der Waals surface area contributed by atoms with Crippen LogP contribution in [-0.2, 0) is 4.79 Å². The number of nitrogens with zero attached hydrogens (tertiary/aromatic N) is 3. The van der Waals surface area contributed by atoms with Gasteiger partial charge in [0, 0.05) is 19.6 Å². The van der Waals surface area contributed by atoms with Gasteiger partial charge in [0.1, 0.15) is 23.0 Å². The van der Waals surface area contributed by atoms with E-state index in [4.69, 9.17) is 4.42 Å². The van der Waals surface area contributed by atoms with Gasteiger partial charge in [-0.25, -0.2) is 4.79 Å². The third-order valence-electron chi connectivity index (χ3n) is 7.51. The number of aromatic nitrogens is 1. The lowest BCUT2D eigenvalue weighted by Crippen LogP contribution is -2.58. The van der Waals surface area contributed by atoms with Crippen molar-refractivity contribution in [3.8, 4) is 6.07 Å². The predicted octanol–water partition coefficient (Wildman–Crippen LogP) is 4.46. The molecule has 1 saturated carbocycles. The Bertz CT molecular complexity index is 1150. The summed E-state index contributed by atoms with van der Waals surface area (Å²) in [6.07, 6.45) is 8.33. The lowest BCUT2D eigenvalue weighted by atomic mass is 9.84. The van der Waals surface area contributed by atoms with Gasteiger partial charge >= 0.3 is 5.76 Å². The molecular formula is C28H39N5O3. The molecule has 194 valence electrons. The van der Waals surface area contributed by atoms with E-state index in [1.807, 2.05) is 6.07 Å². The number of anilines is 1. The molecule has 0 unspecified atom stereocenters. The molecule has 2 fully saturated rings. The fourth-order valence-electron chi connectivity index (χ4n) is 5.56. The first-order valence-electron chi connectivity index (χ1n) is 13.3. The molecule has 0 bridgehead atoms. The van der Waals surface area contributed by atoms with Crippen LogP contribution in [0.1, 0.15) is 72.1 Å². The van der Waals surface area contributed by atoms with Gasteiger partial charge in [0.05, 0.1) is 11.5 Å². The first-order chi connectivity index (χ1) is 17.2. The van der Waals surface area contributed by atoms with E-state index in [9.17, 15) is 14.9 Å². The minimum Gasteiger partial charge on any atom is -0.408 e. The molecule has 1 aromatic heterocycles. The smallest absolute Gasteiger partial charge is 0.408 e. The van der Waals surface area contributed by atoms with Crippen molar-refractivity contribution in [2.75, 3.05) is 25.0 Å². The monoisotopic (exact) mass is 493 g/mol. The molecule has 2 heterocycles. The lowest BCUT2D eigenvalue weighted by Gasteiger charge is -2.40. The number of piperidine rings is 1. The fraction of sp³-hybridized carbons (Fsp3) is 0.643. The van der Waals surface area contributed by atoms with E-state index in [1.54, 1.807) is 18.2 Å². The van der Waals surface area contributed by atoms with Crippen molar-refractivity contribution < 1.29 is 9.21 Å². The van der Waals surface area contributed by atoms with Crippen LogP contribution in [0.2, 0.25) is 0 Å². The Morgan fingerprint density at radius 1 is 1.22 bits per heavy atom. The summed E-state index contributed by atoms with van der Waals surface area (Å²) < 4.78 is 5.21. The molecule has 2 aromatic rings. The average Bonchev–Trinajstić information content (AvgIpc) is 2.84. The molecule has 1 amide bonds. The minimum absolute atomic E-state index is 0.173. The van der Waals surface area contributed by atoms with E-state index < -0.39 is 17.3 Å². The zero-order valence-electron chi connectivity index (χ0n) is 21.8. The highest BCUT2D eigenvalue weighted by Gasteiger charge is 2.39. The number of hydrogen-bond acceptors (Lipinski definition) is 7. The summed E-state index contributed by atoms with van der Waals surface area (Å²) in [7, 11) is 0. The Hall–Kier alpha value is -2.92. The van der Waals surface area contributed by atoms with E-state index in [2.05, 4.69) is 47.4 Å². The zero-order chi connectivity index (χ0) is 25.8. The van der Waals surface area contributed by atoms with Gasteiger partial charge in [-0.1, -0.05) is 52.2 Å². The number of nitriles is 1. The Balaban J connectivity index is 1.47. The van der Waals surface area contributed by atoms with E-state index in [0.29, 0.717) is 36.0 Å². The van der Waals surface area contributed by atoms with Gasteiger partial charge in [0.15, 0.2) is 0 Å². The number of amides is 1. The summed E-state index contributed by atoms with van der Waals surface area (Å²) in [6.45, 7) is 8.90. The first-order valence-corrected chi connectivity index (χ1v) is 13.3. The van der Waals surface area contributed by atoms with Gasteiger partial charge in [0.25, 0.3) is 0 Å². The van der Waals surface area contributed by atoms with Crippen LogP contribution in [0, 0.1) is 22.7 Å². The summed E-state index contributed by atoms with van der Waals surface area (Å²) in [5.41, 5.74) is -0.648. The molecule has 0 radical (unpaired) electrons. The highest BCUT2D eigenvalue weighted by molar-refractivity contribution is 5.91. The van der Waals surface area contributed by atoms with Gasteiger partial charge in [-0.05, 0) is 55.6 Å². The van der Waals surface area contributed by atoms with Crippen molar-refractivity contribution >= 4 is 22.7 Å². The molecule has 4 rings (SSSR count). The number of likely N-dealkylation sites (tertiary alicyclic amines) is 1. The summed E-state index contributed by atoms with van der Waals surface area (Å²) in [4.78, 5) is 32.2. The molecule has 2 N–H and O–H groups in total. The van der Waals surface area contributed by atoms with Crippen molar-refractivity contribution in [3.63, 3.8) is 0 Å². The normalized spacial score (nSPS) is 19.9. The topological polar surface area (TPSA) is 111 Å². The number of benzene rings is 1. The Morgan fingerprint density at radius 2 is 1.92 bits per heavy atom. The fourth-order valence-corrected chi connectivity index (χ4v) is 5.56. The quantitative estimate of drug-likeness (QED) is 0.586. The average molecular weight is 494 g/mol. The molecule has 1 aromatic carbocycles. The highest BCUT2D eigenvalue weighted by atomic mass is 16.4. The van der Waals surface area contributed by atoms with E-state index >= 15 is 0 Å². The van der Waals surface area contributed by atoms with E-state index in [1.165, 1.54) is 32.1 Å². The molecule has 1 saturated heterocycles. The lowest BCUT2D eigenvalue weighted by molar-refractivity contribution is -0.124. The molecule has 36 heavy (non-hydrogen) atoms. The second-order valence-electron chi connectivity index (χ2n) is 11.8. The first kappa shape index (κ1) is 26.2. The standard InChI is InChI=1S/C28H39N5O3/c1-27(2,3)17-22(30-24-21-11-7-8-12-23(21)36-26(35)31-24)25(34)32-28(19-29)13-15-33(16-14-28)18-20-9-5-4-6-10-20/h7-8,11-12,20,22H,4-6,9-10,13-18H2,1-3H3,(H,32,34)(H,30,31,35)/t22-/m0/s1. The number of rotatable bonds is 7. The van der Waals surface area contributed by atoms with Crippen LogP contribution in [-0.4, -0.2) is 47.0 Å². The van der Waals surface area contributed by atoms with Crippen LogP contribution in [0.4, 0.5) is 5.82 Å². The highest BCUT2D eigenvalue weighted by Crippen LogP contribution is 2.29. The van der Waals surface area contributed by atoms with Gasteiger partial charge in [-0.3, -0.25) is 4.79 Å². The molecule has 8 nitrogen and oxygen atoms in total. The second-order valence-corrected chi connectivity index (χ2v) is 11.8. The summed E-state index contributed by atoms with van der Waals surface area (Å²) in [5.74, 6) is 0.116. The Morgan fingerprint density at radius 3 is 2.58 bits per heavy atom. The molecule has 1 aliphatic heterocycles. The molecule has 1 atom stereocenters. The van der Waals surface area contributed by atoms with Crippen molar-refractivity contribution in [1.29, 1.82) is 5.26 Å². The summed E-state index contributed by atoms with van der Waals surface area (Å²) >= 11 is 0. The van der Waals surface area contributed by atoms with Crippen molar-refractivity contribution in [1.82, 2.24) is 15.2 Å². The summed E-state index contributed by atoms with van der Waals surface area (Å²) in [5, 5.41) is 17.0. The van der Waals surface area contributed by atoms with Crippen LogP contribution in [0.25, 0.3) is 11.0 Å². The van der Waals surface area contributed by atoms with Crippen molar-refractivity contribution in [2.24, 2.45) is 11.3 Å². The third kappa shape index (κ3) is 6.64. The zero-order valence-corrected chi connectivity index (χ0v) is 21.8. The number of nitrogens with one attached hydrogen (secondary N) is 2. The summed E-state index contributed by atoms with van der Waals surface area (Å²) in [6, 6.07) is 8.89. The Kier molecular flexibility index (Phi) is 7.99. The number of fused-ring (bicyclic) bond motifs is 1. The van der Waals surface area contributed by atoms with Gasteiger partial charge < -0.3 is 20.0 Å². The number of hydrogen-bond donors (Lipinski definition) is 2. The molecule has 1 aliphatic carbocycles. The van der Waals surface area contributed by atoms with Gasteiger partial charge in [0.2, 0.25) is 5.91 Å². The van der Waals surface area contributed by atoms with Gasteiger partial charge in [-0.15, -0.1) is 0 Å². The van der Waals surface area contributed by atoms with Crippen molar-refractivity contribution in [2.45, 2.75) is 83.7 Å². The van der Waals surface area contributed by atoms with E-state index in [-0.39, 0.29) is 11.3 Å². The number of para-hydroxylation sites is 1. The predicted molar refractivity (Wildman–Crippen MR) is 140 cm³/mol. The molecule has 8 heteroatoms. The SMILES string of the molecule is CC(C)(C)C[C@H](Nc1nc(=O)oc2ccccc12)C(=O)NC1(C#N)CCN(CC2CCCCC2)CC1. The van der Waals surface area contributed by atoms with Crippen LogP contribution >= 0.6 is 0 Å². The van der Waals surface area contributed by atoms with Crippen molar-refractivity contribution in [3.05, 3.63) is 34.8 Å². The third-order valence-corrected chi connectivity index (χ3v) is 7.51. The minimum atomic E-state index is -0.886. The van der Waals surface area contributed by atoms with Crippen LogP contribution in [0.3, 0.4) is 0 Å². The van der Waals surface area contributed by atoms with Crippen LogP contribution < -0.4 is 16.4 Å². The molecule has 2 aliphatic rings. The Labute approximate surface area is 213 Å². The van der Waals surface area contributed by atoms with Gasteiger partial charge in [-0.2, -0.15) is 10.2 Å². The van der Waals surface area contributed by atoms with Crippen LogP contribution in [0.15, 0.2) is 33.5 Å². The molecule has 0 spiro atoms. The maximum absolute atomic E-state index is 13.6. The largest absolute Gasteiger partial charge is 0.441 e. The maximum Gasteiger partial charge on any atom is 0.441 e. The van der Waals surface area contributed by atoms with E-state index in [0.717, 1.165) is 25.6 Å². The molecular weight excluding hydrogens is 454 g/mol. The number of carbonyl (C=O) groups excluding carboxylic acids is 1. The maximum atomic E-state index is 13.6. The second kappa shape index (κ2) is 11.0. The number of carbonyl (C=O) groups is 1.